The van der Waals surface area contributed by atoms with Gasteiger partial charge in [-0.25, -0.2) is 8.42 Å². The fourth-order valence-electron chi connectivity index (χ4n) is 2.08. The highest BCUT2D eigenvalue weighted by atomic mass is 32.2. The van der Waals surface area contributed by atoms with E-state index in [1.807, 2.05) is 0 Å². The van der Waals surface area contributed by atoms with Crippen molar-refractivity contribution >= 4 is 15.6 Å². The number of carbonyl (C=O) groups excluding carboxylic acids is 1. The van der Waals surface area contributed by atoms with Gasteiger partial charge in [0.05, 0.1) is 17.5 Å². The molecular weight excluding hydrogens is 228 g/mol. The Kier molecular flexibility index (Phi) is 2.84. The second-order valence-corrected chi connectivity index (χ2v) is 6.36. The fraction of sp³-hybridized carbons (Fsp3) is 0.600. The third kappa shape index (κ3) is 2.16. The summed E-state index contributed by atoms with van der Waals surface area (Å²) in [5.41, 5.74) is 0.488. The highest BCUT2D eigenvalue weighted by Crippen LogP contribution is 2.23. The summed E-state index contributed by atoms with van der Waals surface area (Å²) in [6, 6.07) is 1.44. The zero-order chi connectivity index (χ0) is 11.8. The summed E-state index contributed by atoms with van der Waals surface area (Å²) in [6.45, 7) is 1.46. The van der Waals surface area contributed by atoms with Gasteiger partial charge in [-0.2, -0.15) is 5.10 Å². The minimum Gasteiger partial charge on any atom is -0.293 e. The van der Waals surface area contributed by atoms with Crippen LogP contribution < -0.4 is 0 Å². The molecular formula is C10H14N2O3S. The lowest BCUT2D eigenvalue weighted by Crippen LogP contribution is -2.29. The van der Waals surface area contributed by atoms with E-state index in [4.69, 9.17) is 0 Å². The molecule has 2 rings (SSSR count). The number of carbonyl (C=O) groups is 1. The van der Waals surface area contributed by atoms with Gasteiger partial charge in [-0.05, 0) is 18.9 Å². The lowest BCUT2D eigenvalue weighted by Gasteiger charge is -2.23. The maximum absolute atomic E-state index is 11.5. The van der Waals surface area contributed by atoms with Crippen LogP contribution in [0.1, 0.15) is 36.3 Å². The molecule has 1 saturated heterocycles. The van der Waals surface area contributed by atoms with E-state index in [0.29, 0.717) is 12.1 Å². The van der Waals surface area contributed by atoms with Crippen LogP contribution >= 0.6 is 0 Å². The van der Waals surface area contributed by atoms with Crippen LogP contribution in [0.5, 0.6) is 0 Å². The molecule has 0 aromatic carbocycles. The predicted molar refractivity (Wildman–Crippen MR) is 59.2 cm³/mol. The summed E-state index contributed by atoms with van der Waals surface area (Å²) in [5.74, 6) is 0.259. The maximum Gasteiger partial charge on any atom is 0.177 e. The molecule has 2 heterocycles. The first-order valence-electron chi connectivity index (χ1n) is 5.24. The molecule has 1 aromatic heterocycles. The molecule has 0 spiro atoms. The molecule has 0 N–H and O–H groups in total. The average Bonchev–Trinajstić information content (AvgIpc) is 2.64. The molecule has 1 atom stereocenters. The Balaban J connectivity index is 2.30. The van der Waals surface area contributed by atoms with E-state index < -0.39 is 9.84 Å². The Morgan fingerprint density at radius 1 is 1.56 bits per heavy atom. The van der Waals surface area contributed by atoms with Crippen LogP contribution in [-0.2, 0) is 9.84 Å². The molecule has 1 aliphatic heterocycles. The molecule has 5 nitrogen and oxygen atoms in total. The molecule has 1 aliphatic rings. The lowest BCUT2D eigenvalue weighted by molar-refractivity contribution is 0.100. The van der Waals surface area contributed by atoms with Crippen molar-refractivity contribution in [2.45, 2.75) is 25.8 Å². The molecule has 0 radical (unpaired) electrons. The molecule has 6 heteroatoms. The lowest BCUT2D eigenvalue weighted by atomic mass is 10.2. The van der Waals surface area contributed by atoms with Crippen LogP contribution in [0, 0.1) is 0 Å². The Morgan fingerprint density at radius 2 is 2.31 bits per heavy atom. The molecule has 16 heavy (non-hydrogen) atoms. The Hall–Kier alpha value is -1.17. The van der Waals surface area contributed by atoms with E-state index in [2.05, 4.69) is 5.10 Å². The molecule has 0 amide bonds. The van der Waals surface area contributed by atoms with Gasteiger partial charge in [0.1, 0.15) is 5.69 Å². The van der Waals surface area contributed by atoms with Gasteiger partial charge in [0, 0.05) is 13.1 Å². The van der Waals surface area contributed by atoms with Crippen LogP contribution in [0.25, 0.3) is 0 Å². The van der Waals surface area contributed by atoms with Crippen molar-refractivity contribution in [2.24, 2.45) is 0 Å². The van der Waals surface area contributed by atoms with Gasteiger partial charge in [-0.3, -0.25) is 9.48 Å². The van der Waals surface area contributed by atoms with Crippen LogP contribution in [-0.4, -0.2) is 35.5 Å². The van der Waals surface area contributed by atoms with Gasteiger partial charge in [0.2, 0.25) is 0 Å². The minimum atomic E-state index is -2.97. The van der Waals surface area contributed by atoms with E-state index >= 15 is 0 Å². The SMILES string of the molecule is CC(=O)c1ccnn1C1CCCS(=O)(=O)C1. The van der Waals surface area contributed by atoms with Crippen molar-refractivity contribution in [3.63, 3.8) is 0 Å². The summed E-state index contributed by atoms with van der Waals surface area (Å²) in [7, 11) is -2.97. The molecule has 88 valence electrons. The zero-order valence-electron chi connectivity index (χ0n) is 9.09. The summed E-state index contributed by atoms with van der Waals surface area (Å²) in [4.78, 5) is 11.3. The van der Waals surface area contributed by atoms with Crippen LogP contribution in [0.3, 0.4) is 0 Å². The number of nitrogens with zero attached hydrogens (tertiary/aromatic N) is 2. The first-order valence-corrected chi connectivity index (χ1v) is 7.06. The smallest absolute Gasteiger partial charge is 0.177 e. The van der Waals surface area contributed by atoms with Gasteiger partial charge in [-0.1, -0.05) is 0 Å². The fourth-order valence-corrected chi connectivity index (χ4v) is 3.74. The standard InChI is InChI=1S/C10H14N2O3S/c1-8(13)10-4-5-11-12(10)9-3-2-6-16(14,15)7-9/h4-5,9H,2-3,6-7H2,1H3. The molecule has 1 unspecified atom stereocenters. The number of sulfone groups is 1. The van der Waals surface area contributed by atoms with E-state index in [1.54, 1.807) is 10.7 Å². The van der Waals surface area contributed by atoms with Crippen molar-refractivity contribution < 1.29 is 13.2 Å². The number of aromatic nitrogens is 2. The second kappa shape index (κ2) is 4.01. The highest BCUT2D eigenvalue weighted by Gasteiger charge is 2.28. The van der Waals surface area contributed by atoms with Crippen LogP contribution in [0.2, 0.25) is 0 Å². The third-order valence-electron chi connectivity index (χ3n) is 2.82. The monoisotopic (exact) mass is 242 g/mol. The number of hydrogen-bond acceptors (Lipinski definition) is 4. The van der Waals surface area contributed by atoms with Crippen molar-refractivity contribution in [3.05, 3.63) is 18.0 Å². The number of ketones is 1. The summed E-state index contributed by atoms with van der Waals surface area (Å²) in [5, 5.41) is 4.06. The molecule has 1 fully saturated rings. The first kappa shape index (κ1) is 11.3. The van der Waals surface area contributed by atoms with E-state index in [1.165, 1.54) is 13.1 Å². The van der Waals surface area contributed by atoms with Gasteiger partial charge < -0.3 is 0 Å². The quantitative estimate of drug-likeness (QED) is 0.720. The van der Waals surface area contributed by atoms with Crippen molar-refractivity contribution in [2.75, 3.05) is 11.5 Å². The summed E-state index contributed by atoms with van der Waals surface area (Å²) < 4.78 is 24.6. The molecule has 0 bridgehead atoms. The Morgan fingerprint density at radius 3 is 2.94 bits per heavy atom. The molecule has 0 aliphatic carbocycles. The minimum absolute atomic E-state index is 0.0829. The van der Waals surface area contributed by atoms with Crippen LogP contribution in [0.4, 0.5) is 0 Å². The van der Waals surface area contributed by atoms with Crippen LogP contribution in [0.15, 0.2) is 12.3 Å². The number of hydrogen-bond donors (Lipinski definition) is 0. The Bertz CT molecular complexity index is 504. The van der Waals surface area contributed by atoms with E-state index in [0.717, 1.165) is 6.42 Å². The first-order chi connectivity index (χ1) is 7.49. The molecule has 1 aromatic rings. The summed E-state index contributed by atoms with van der Waals surface area (Å²) in [6.07, 6.45) is 2.95. The second-order valence-electron chi connectivity index (χ2n) is 4.13. The van der Waals surface area contributed by atoms with Crippen molar-refractivity contribution in [3.8, 4) is 0 Å². The van der Waals surface area contributed by atoms with Crippen molar-refractivity contribution in [1.29, 1.82) is 0 Å². The Labute approximate surface area is 94.4 Å². The van der Waals surface area contributed by atoms with E-state index in [9.17, 15) is 13.2 Å². The van der Waals surface area contributed by atoms with Crippen molar-refractivity contribution in [1.82, 2.24) is 9.78 Å². The average molecular weight is 242 g/mol. The predicted octanol–water partition coefficient (Wildman–Crippen LogP) is 0.835. The van der Waals surface area contributed by atoms with E-state index in [-0.39, 0.29) is 23.3 Å². The van der Waals surface area contributed by atoms with Gasteiger partial charge in [0.15, 0.2) is 15.6 Å². The normalized spacial score (nSPS) is 24.2. The topological polar surface area (TPSA) is 69.0 Å². The van der Waals surface area contributed by atoms with Gasteiger partial charge in [-0.15, -0.1) is 0 Å². The summed E-state index contributed by atoms with van der Waals surface area (Å²) >= 11 is 0. The molecule has 0 saturated carbocycles. The van der Waals surface area contributed by atoms with Gasteiger partial charge in [0.25, 0.3) is 0 Å². The van der Waals surface area contributed by atoms with Gasteiger partial charge >= 0.3 is 0 Å². The maximum atomic E-state index is 11.5. The third-order valence-corrected chi connectivity index (χ3v) is 4.62. The zero-order valence-corrected chi connectivity index (χ0v) is 9.90. The highest BCUT2D eigenvalue weighted by molar-refractivity contribution is 7.91. The number of rotatable bonds is 2. The largest absolute Gasteiger partial charge is 0.293 e. The number of Topliss-reactive ketones (excluding diaryl/α,β-unsaturated/α-hetero) is 1.